The van der Waals surface area contributed by atoms with Gasteiger partial charge < -0.3 is 0 Å². The molecule has 0 fully saturated rings. The molecule has 1 rings (SSSR count). The van der Waals surface area contributed by atoms with Gasteiger partial charge in [-0.15, -0.1) is 0 Å². The van der Waals surface area contributed by atoms with Crippen LogP contribution >= 0.6 is 0 Å². The van der Waals surface area contributed by atoms with Crippen molar-refractivity contribution in [2.75, 3.05) is 0 Å². The molecule has 0 aromatic heterocycles. The van der Waals surface area contributed by atoms with Crippen LogP contribution in [-0.4, -0.2) is 5.78 Å². The van der Waals surface area contributed by atoms with E-state index >= 15 is 0 Å². The van der Waals surface area contributed by atoms with Crippen molar-refractivity contribution in [3.8, 4) is 0 Å². The average Bonchev–Trinajstić information content (AvgIpc) is 2.46. The Labute approximate surface area is 145 Å². The van der Waals surface area contributed by atoms with Gasteiger partial charge in [-0.1, -0.05) is 67.0 Å². The zero-order chi connectivity index (χ0) is 19.6. The number of rotatable bonds is 3. The zero-order valence-electron chi connectivity index (χ0n) is 16.4. The van der Waals surface area contributed by atoms with Crippen LogP contribution in [0.1, 0.15) is 89.7 Å². The normalized spacial score (nSPS) is 11.0. The monoisotopic (exact) mass is 346 g/mol. The van der Waals surface area contributed by atoms with Gasteiger partial charge in [0.15, 0.2) is 5.78 Å². The number of halogens is 3. The number of ketones is 1. The van der Waals surface area contributed by atoms with E-state index in [1.54, 1.807) is 0 Å². The lowest BCUT2D eigenvalue weighted by Gasteiger charge is -2.20. The third-order valence-electron chi connectivity index (χ3n) is 2.97. The smallest absolute Gasteiger partial charge is 0.295 e. The van der Waals surface area contributed by atoms with Gasteiger partial charge in [0.2, 0.25) is 0 Å². The van der Waals surface area contributed by atoms with Crippen LogP contribution in [0.4, 0.5) is 13.2 Å². The maximum Gasteiger partial charge on any atom is 0.416 e. The van der Waals surface area contributed by atoms with Crippen LogP contribution in [0.2, 0.25) is 0 Å². The van der Waals surface area contributed by atoms with E-state index in [1.807, 2.05) is 34.6 Å². The molecule has 0 radical (unpaired) electrons. The minimum absolute atomic E-state index is 0.0257. The predicted octanol–water partition coefficient (Wildman–Crippen LogP) is 7.33. The topological polar surface area (TPSA) is 17.1 Å². The van der Waals surface area contributed by atoms with E-state index in [9.17, 15) is 18.0 Å². The molecule has 0 atom stereocenters. The van der Waals surface area contributed by atoms with Gasteiger partial charge in [0.1, 0.15) is 0 Å². The van der Waals surface area contributed by atoms with Crippen molar-refractivity contribution in [1.29, 1.82) is 0 Å². The molecule has 0 aliphatic heterocycles. The molecule has 0 amide bonds. The fourth-order valence-corrected chi connectivity index (χ4v) is 1.79. The van der Waals surface area contributed by atoms with Gasteiger partial charge in [0.25, 0.3) is 0 Å². The molecule has 0 spiro atoms. The molecule has 0 saturated carbocycles. The Bertz CT molecular complexity index is 483. The molecule has 4 heteroatoms. The first-order valence-electron chi connectivity index (χ1n) is 8.63. The van der Waals surface area contributed by atoms with E-state index in [4.69, 9.17) is 0 Å². The van der Waals surface area contributed by atoms with E-state index in [0.717, 1.165) is 6.07 Å². The number of hydrogen-bond acceptors (Lipinski definition) is 1. The highest BCUT2D eigenvalue weighted by molar-refractivity contribution is 5.94. The highest BCUT2D eigenvalue weighted by atomic mass is 19.4. The van der Waals surface area contributed by atoms with Crippen molar-refractivity contribution in [2.24, 2.45) is 5.41 Å². The second-order valence-electron chi connectivity index (χ2n) is 6.69. The Kier molecular flexibility index (Phi) is 11.7. The maximum absolute atomic E-state index is 13.0. The third-order valence-corrected chi connectivity index (χ3v) is 2.97. The van der Waals surface area contributed by atoms with Crippen LogP contribution in [0.15, 0.2) is 18.2 Å². The number of carbonyl (C=O) groups is 1. The molecule has 0 bridgehead atoms. The van der Waals surface area contributed by atoms with E-state index in [-0.39, 0.29) is 22.3 Å². The van der Waals surface area contributed by atoms with Crippen molar-refractivity contribution in [3.05, 3.63) is 34.9 Å². The molecule has 0 aliphatic rings. The molecule has 0 unspecified atom stereocenters. The van der Waals surface area contributed by atoms with E-state index in [2.05, 4.69) is 13.8 Å². The van der Waals surface area contributed by atoms with Gasteiger partial charge in [-0.3, -0.25) is 4.79 Å². The Morgan fingerprint density at radius 2 is 1.50 bits per heavy atom. The number of hydrogen-bond donors (Lipinski definition) is 0. The Balaban J connectivity index is 0. The van der Waals surface area contributed by atoms with Gasteiger partial charge in [-0.25, -0.2) is 0 Å². The van der Waals surface area contributed by atoms with Crippen LogP contribution in [-0.2, 0) is 12.6 Å². The Morgan fingerprint density at radius 1 is 1.04 bits per heavy atom. The first-order chi connectivity index (χ1) is 10.9. The van der Waals surface area contributed by atoms with E-state index < -0.39 is 11.7 Å². The summed E-state index contributed by atoms with van der Waals surface area (Å²) in [6, 6.07) is 3.85. The minimum Gasteiger partial charge on any atom is -0.295 e. The largest absolute Gasteiger partial charge is 0.416 e. The number of Topliss-reactive ketones (excluding diaryl/α,β-unsaturated/α-hetero) is 1. The Morgan fingerprint density at radius 3 is 1.83 bits per heavy atom. The highest BCUT2D eigenvalue weighted by Crippen LogP contribution is 2.34. The van der Waals surface area contributed by atoms with E-state index in [0.29, 0.717) is 12.8 Å². The fraction of sp³-hybridized carbons (Fsp3) is 0.650. The molecule has 0 N–H and O–H groups in total. The lowest BCUT2D eigenvalue weighted by molar-refractivity contribution is -0.138. The summed E-state index contributed by atoms with van der Waals surface area (Å²) in [4.78, 5) is 11.2. The summed E-state index contributed by atoms with van der Waals surface area (Å²) >= 11 is 0. The number of aryl methyl sites for hydroxylation is 1. The van der Waals surface area contributed by atoms with Crippen molar-refractivity contribution in [1.82, 2.24) is 0 Å². The van der Waals surface area contributed by atoms with Crippen LogP contribution in [0.3, 0.4) is 0 Å². The number of alkyl halides is 3. The SMILES string of the molecule is CC.CC(=O)c1ccc(CCC(C)(C)C)c(C(F)(F)F)c1.CCC. The minimum atomic E-state index is -4.42. The van der Waals surface area contributed by atoms with Crippen molar-refractivity contribution in [3.63, 3.8) is 0 Å². The van der Waals surface area contributed by atoms with Crippen LogP contribution < -0.4 is 0 Å². The summed E-state index contributed by atoms with van der Waals surface area (Å²) < 4.78 is 39.0. The summed E-state index contributed by atoms with van der Waals surface area (Å²) in [5.74, 6) is -0.354. The second-order valence-corrected chi connectivity index (χ2v) is 6.69. The molecular formula is C20H33F3O. The molecule has 0 heterocycles. The number of benzene rings is 1. The molecule has 0 saturated heterocycles. The standard InChI is InChI=1S/C15H19F3O.C3H8.C2H6/c1-10(19)12-6-5-11(7-8-14(2,3)4)13(9-12)15(16,17)18;1-3-2;1-2/h5-6,9H,7-8H2,1-4H3;3H2,1-2H3;1-2H3. The number of carbonyl (C=O) groups excluding carboxylic acids is 1. The van der Waals surface area contributed by atoms with Gasteiger partial charge in [0, 0.05) is 5.56 Å². The van der Waals surface area contributed by atoms with Crippen LogP contribution in [0.5, 0.6) is 0 Å². The van der Waals surface area contributed by atoms with E-state index in [1.165, 1.54) is 25.5 Å². The summed E-state index contributed by atoms with van der Waals surface area (Å²) in [6.45, 7) is 15.5. The quantitative estimate of drug-likeness (QED) is 0.524. The lowest BCUT2D eigenvalue weighted by Crippen LogP contribution is -2.13. The van der Waals surface area contributed by atoms with Crippen molar-refractivity contribution >= 4 is 5.78 Å². The zero-order valence-corrected chi connectivity index (χ0v) is 16.4. The maximum atomic E-state index is 13.0. The third kappa shape index (κ3) is 10.5. The van der Waals surface area contributed by atoms with Crippen LogP contribution in [0.25, 0.3) is 0 Å². The molecule has 24 heavy (non-hydrogen) atoms. The lowest BCUT2D eigenvalue weighted by atomic mass is 9.87. The average molecular weight is 346 g/mol. The van der Waals surface area contributed by atoms with Gasteiger partial charge in [0.05, 0.1) is 5.56 Å². The van der Waals surface area contributed by atoms with Gasteiger partial charge >= 0.3 is 6.18 Å². The molecule has 140 valence electrons. The molecular weight excluding hydrogens is 313 g/mol. The molecule has 1 aromatic rings. The molecule has 1 aromatic carbocycles. The first kappa shape index (κ1) is 24.9. The summed E-state index contributed by atoms with van der Waals surface area (Å²) in [5.41, 5.74) is -0.356. The molecule has 0 aliphatic carbocycles. The summed E-state index contributed by atoms with van der Waals surface area (Å²) in [7, 11) is 0. The highest BCUT2D eigenvalue weighted by Gasteiger charge is 2.33. The summed E-state index contributed by atoms with van der Waals surface area (Å²) in [5, 5.41) is 0. The predicted molar refractivity (Wildman–Crippen MR) is 96.5 cm³/mol. The second kappa shape index (κ2) is 11.3. The first-order valence-corrected chi connectivity index (χ1v) is 8.63. The summed E-state index contributed by atoms with van der Waals surface area (Å²) in [6.07, 6.45) is -2.15. The molecule has 1 nitrogen and oxygen atoms in total. The van der Waals surface area contributed by atoms with Crippen molar-refractivity contribution in [2.45, 2.75) is 80.8 Å². The van der Waals surface area contributed by atoms with Crippen LogP contribution in [0, 0.1) is 5.41 Å². The van der Waals surface area contributed by atoms with Crippen molar-refractivity contribution < 1.29 is 18.0 Å². The Hall–Kier alpha value is -1.32. The van der Waals surface area contributed by atoms with Gasteiger partial charge in [-0.2, -0.15) is 13.2 Å². The van der Waals surface area contributed by atoms with Gasteiger partial charge in [-0.05, 0) is 36.8 Å². The fourth-order valence-electron chi connectivity index (χ4n) is 1.79.